The molecule has 1 heterocycles. The Kier molecular flexibility index (Phi) is 4.50. The smallest absolute Gasteiger partial charge is 0.224 e. The largest absolute Gasteiger partial charge is 0.354 e. The summed E-state index contributed by atoms with van der Waals surface area (Å²) < 4.78 is 13.6. The van der Waals surface area contributed by atoms with Crippen molar-refractivity contribution in [3.8, 4) is 0 Å². The molecule has 2 N–H and O–H groups in total. The molecule has 0 aliphatic rings. The zero-order chi connectivity index (χ0) is 14.5. The normalized spacial score (nSPS) is 10.7. The summed E-state index contributed by atoms with van der Waals surface area (Å²) in [7, 11) is 0. The van der Waals surface area contributed by atoms with Crippen LogP contribution in [0.25, 0.3) is 0 Å². The molecule has 0 spiro atoms. The number of nitrogens with zero attached hydrogens (tertiary/aromatic N) is 2. The van der Waals surface area contributed by atoms with Crippen molar-refractivity contribution in [3.63, 3.8) is 0 Å². The lowest BCUT2D eigenvalue weighted by molar-refractivity contribution is 0.632. The van der Waals surface area contributed by atoms with Crippen molar-refractivity contribution in [2.45, 2.75) is 20.8 Å². The summed E-state index contributed by atoms with van der Waals surface area (Å²) in [6, 6.07) is 8.30. The lowest BCUT2D eigenvalue weighted by atomic mass is 10.2. The highest BCUT2D eigenvalue weighted by Gasteiger charge is 2.05. The average Bonchev–Trinajstić information content (AvgIpc) is 2.38. The summed E-state index contributed by atoms with van der Waals surface area (Å²) in [5.41, 5.74) is 1.23. The second-order valence-electron chi connectivity index (χ2n) is 5.10. The molecule has 1 aromatic carbocycles. The molecule has 0 amide bonds. The Hall–Kier alpha value is -2.17. The van der Waals surface area contributed by atoms with E-state index >= 15 is 0 Å². The van der Waals surface area contributed by atoms with Crippen molar-refractivity contribution >= 4 is 17.5 Å². The first kappa shape index (κ1) is 14.2. The van der Waals surface area contributed by atoms with E-state index in [1.165, 1.54) is 6.07 Å². The van der Waals surface area contributed by atoms with Crippen LogP contribution in [0.2, 0.25) is 0 Å². The number of aryl methyl sites for hydroxylation is 1. The molecule has 0 atom stereocenters. The minimum Gasteiger partial charge on any atom is -0.354 e. The second kappa shape index (κ2) is 6.32. The molecule has 0 saturated heterocycles. The Morgan fingerprint density at radius 1 is 1.20 bits per heavy atom. The molecule has 2 aromatic rings. The number of anilines is 3. The van der Waals surface area contributed by atoms with Crippen LogP contribution in [0.1, 0.15) is 19.5 Å². The van der Waals surface area contributed by atoms with Gasteiger partial charge in [-0.15, -0.1) is 0 Å². The Balaban J connectivity index is 2.17. The quantitative estimate of drug-likeness (QED) is 0.872. The SMILES string of the molecule is Cc1cc(Nc2ccccc2F)nc(NCC(C)C)n1. The average molecular weight is 274 g/mol. The zero-order valence-corrected chi connectivity index (χ0v) is 11.9. The first-order valence-corrected chi connectivity index (χ1v) is 6.65. The van der Waals surface area contributed by atoms with Gasteiger partial charge in [0.25, 0.3) is 0 Å². The molecule has 2 rings (SSSR count). The fourth-order valence-electron chi connectivity index (χ4n) is 1.71. The summed E-state index contributed by atoms with van der Waals surface area (Å²) in [6.07, 6.45) is 0. The number of aromatic nitrogens is 2. The highest BCUT2D eigenvalue weighted by Crippen LogP contribution is 2.19. The molecule has 106 valence electrons. The number of para-hydroxylation sites is 1. The highest BCUT2D eigenvalue weighted by molar-refractivity contribution is 5.58. The Morgan fingerprint density at radius 3 is 2.65 bits per heavy atom. The van der Waals surface area contributed by atoms with Crippen molar-refractivity contribution < 1.29 is 4.39 Å². The number of hydrogen-bond acceptors (Lipinski definition) is 4. The Bertz CT molecular complexity index is 584. The number of nitrogens with one attached hydrogen (secondary N) is 2. The third-order valence-corrected chi connectivity index (χ3v) is 2.66. The number of halogens is 1. The maximum absolute atomic E-state index is 13.6. The van der Waals surface area contributed by atoms with Crippen LogP contribution < -0.4 is 10.6 Å². The fraction of sp³-hybridized carbons (Fsp3) is 0.333. The van der Waals surface area contributed by atoms with Gasteiger partial charge in [0.05, 0.1) is 5.69 Å². The first-order chi connectivity index (χ1) is 9.54. The van der Waals surface area contributed by atoms with Crippen molar-refractivity contribution in [2.75, 3.05) is 17.2 Å². The van der Waals surface area contributed by atoms with Crippen molar-refractivity contribution in [3.05, 3.63) is 41.8 Å². The highest BCUT2D eigenvalue weighted by atomic mass is 19.1. The second-order valence-corrected chi connectivity index (χ2v) is 5.10. The van der Waals surface area contributed by atoms with Crippen LogP contribution in [0, 0.1) is 18.7 Å². The third kappa shape index (κ3) is 3.91. The molecule has 0 aliphatic carbocycles. The molecule has 20 heavy (non-hydrogen) atoms. The molecule has 4 nitrogen and oxygen atoms in total. The third-order valence-electron chi connectivity index (χ3n) is 2.66. The molecular weight excluding hydrogens is 255 g/mol. The van der Waals surface area contributed by atoms with Crippen LogP contribution in [-0.4, -0.2) is 16.5 Å². The summed E-state index contributed by atoms with van der Waals surface area (Å²) in [4.78, 5) is 8.66. The maximum Gasteiger partial charge on any atom is 0.224 e. The van der Waals surface area contributed by atoms with Gasteiger partial charge in [0.1, 0.15) is 11.6 Å². The monoisotopic (exact) mass is 274 g/mol. The van der Waals surface area contributed by atoms with Gasteiger partial charge in [-0.3, -0.25) is 0 Å². The summed E-state index contributed by atoms with van der Waals surface area (Å²) in [5.74, 6) is 1.33. The predicted molar refractivity (Wildman–Crippen MR) is 79.8 cm³/mol. The number of rotatable bonds is 5. The van der Waals surface area contributed by atoms with E-state index < -0.39 is 0 Å². The lowest BCUT2D eigenvalue weighted by Gasteiger charge is -2.11. The van der Waals surface area contributed by atoms with Gasteiger partial charge in [0.2, 0.25) is 5.95 Å². The predicted octanol–water partition coefficient (Wildman–Crippen LogP) is 3.74. The van der Waals surface area contributed by atoms with Crippen LogP contribution >= 0.6 is 0 Å². The van der Waals surface area contributed by atoms with Crippen LogP contribution in [0.15, 0.2) is 30.3 Å². The van der Waals surface area contributed by atoms with E-state index in [0.29, 0.717) is 23.4 Å². The fourth-order valence-corrected chi connectivity index (χ4v) is 1.71. The molecular formula is C15H19FN4. The van der Waals surface area contributed by atoms with Gasteiger partial charge >= 0.3 is 0 Å². The number of benzene rings is 1. The lowest BCUT2D eigenvalue weighted by Crippen LogP contribution is -2.11. The molecule has 0 radical (unpaired) electrons. The molecule has 5 heteroatoms. The van der Waals surface area contributed by atoms with E-state index in [9.17, 15) is 4.39 Å². The summed E-state index contributed by atoms with van der Waals surface area (Å²) in [5, 5.41) is 6.14. The minimum atomic E-state index is -0.305. The van der Waals surface area contributed by atoms with Gasteiger partial charge < -0.3 is 10.6 Å². The molecule has 0 saturated carbocycles. The van der Waals surface area contributed by atoms with E-state index in [-0.39, 0.29) is 5.82 Å². The van der Waals surface area contributed by atoms with Gasteiger partial charge in [-0.2, -0.15) is 4.98 Å². The van der Waals surface area contributed by atoms with E-state index in [1.54, 1.807) is 24.3 Å². The van der Waals surface area contributed by atoms with Crippen LogP contribution in [0.3, 0.4) is 0 Å². The molecule has 0 aliphatic heterocycles. The van der Waals surface area contributed by atoms with Gasteiger partial charge in [-0.05, 0) is 25.0 Å². The van der Waals surface area contributed by atoms with Crippen LogP contribution in [0.5, 0.6) is 0 Å². The Morgan fingerprint density at radius 2 is 1.95 bits per heavy atom. The van der Waals surface area contributed by atoms with E-state index in [4.69, 9.17) is 0 Å². The van der Waals surface area contributed by atoms with Gasteiger partial charge in [-0.25, -0.2) is 9.37 Å². The summed E-state index contributed by atoms with van der Waals surface area (Å²) >= 11 is 0. The van der Waals surface area contributed by atoms with Gasteiger partial charge in [0.15, 0.2) is 0 Å². The van der Waals surface area contributed by atoms with Crippen LogP contribution in [-0.2, 0) is 0 Å². The van der Waals surface area contributed by atoms with E-state index in [2.05, 4.69) is 34.4 Å². The van der Waals surface area contributed by atoms with E-state index in [1.807, 2.05) is 6.92 Å². The minimum absolute atomic E-state index is 0.305. The van der Waals surface area contributed by atoms with Crippen molar-refractivity contribution in [2.24, 2.45) is 5.92 Å². The van der Waals surface area contributed by atoms with Crippen molar-refractivity contribution in [1.29, 1.82) is 0 Å². The Labute approximate surface area is 118 Å². The number of hydrogen-bond donors (Lipinski definition) is 2. The topological polar surface area (TPSA) is 49.8 Å². The van der Waals surface area contributed by atoms with Crippen molar-refractivity contribution in [1.82, 2.24) is 9.97 Å². The maximum atomic E-state index is 13.6. The molecule has 0 fully saturated rings. The summed E-state index contributed by atoms with van der Waals surface area (Å²) in [6.45, 7) is 6.90. The zero-order valence-electron chi connectivity index (χ0n) is 11.9. The standard InChI is InChI=1S/C15H19FN4/c1-10(2)9-17-15-18-11(3)8-14(20-15)19-13-7-5-4-6-12(13)16/h4-8,10H,9H2,1-3H3,(H2,17,18,19,20). The van der Waals surface area contributed by atoms with E-state index in [0.717, 1.165) is 12.2 Å². The van der Waals surface area contributed by atoms with Gasteiger partial charge in [-0.1, -0.05) is 26.0 Å². The molecule has 0 bridgehead atoms. The molecule has 1 aromatic heterocycles. The first-order valence-electron chi connectivity index (χ1n) is 6.65. The molecule has 0 unspecified atom stereocenters. The van der Waals surface area contributed by atoms with Gasteiger partial charge in [0, 0.05) is 18.3 Å². The van der Waals surface area contributed by atoms with Crippen LogP contribution in [0.4, 0.5) is 21.8 Å².